The molecule has 0 fully saturated rings. The smallest absolute Gasteiger partial charge is 0.0578 e. The van der Waals surface area contributed by atoms with Gasteiger partial charge in [-0.3, -0.25) is 0 Å². The summed E-state index contributed by atoms with van der Waals surface area (Å²) in [4.78, 5) is 0. The Kier molecular flexibility index (Phi) is 4.33. The summed E-state index contributed by atoms with van der Waals surface area (Å²) in [7, 11) is 0. The van der Waals surface area contributed by atoms with Gasteiger partial charge in [0.25, 0.3) is 0 Å². The Hall–Kier alpha value is -0.340. The van der Waals surface area contributed by atoms with Crippen LogP contribution in [0.3, 0.4) is 0 Å². The van der Waals surface area contributed by atoms with E-state index < -0.39 is 0 Å². The van der Waals surface area contributed by atoms with Crippen molar-refractivity contribution in [2.45, 2.75) is 44.6 Å². The Morgan fingerprint density at radius 3 is 2.92 bits per heavy atom. The van der Waals surface area contributed by atoms with Gasteiger partial charge in [-0.2, -0.15) is 0 Å². The predicted molar refractivity (Wildman–Crippen MR) is 48.9 cm³/mol. The van der Waals surface area contributed by atoms with Crippen LogP contribution in [-0.2, 0) is 0 Å². The van der Waals surface area contributed by atoms with Crippen molar-refractivity contribution in [2.24, 2.45) is 0 Å². The summed E-state index contributed by atoms with van der Waals surface area (Å²) in [5.41, 5.74) is 1.40. The highest BCUT2D eigenvalue weighted by atomic mass is 16.3. The lowest BCUT2D eigenvalue weighted by atomic mass is 10.0. The first-order valence-corrected chi connectivity index (χ1v) is 4.79. The van der Waals surface area contributed by atoms with Crippen molar-refractivity contribution in [2.75, 3.05) is 6.61 Å². The molecular weight excluding hydrogens is 152 g/mol. The van der Waals surface area contributed by atoms with Crippen molar-refractivity contribution in [3.8, 4) is 0 Å². The quantitative estimate of drug-likeness (QED) is 0.615. The Labute approximate surface area is 73.9 Å². The predicted octanol–water partition coefficient (Wildman–Crippen LogP) is 1.62. The average Bonchev–Trinajstić information content (AvgIpc) is 2.53. The largest absolute Gasteiger partial charge is 0.396 e. The number of aliphatic hydroxyl groups excluding tert-OH is 2. The zero-order valence-corrected chi connectivity index (χ0v) is 7.50. The van der Waals surface area contributed by atoms with Crippen molar-refractivity contribution < 1.29 is 10.2 Å². The molecule has 0 aromatic rings. The molecule has 0 bridgehead atoms. The highest BCUT2D eigenvalue weighted by molar-refractivity contribution is 5.08. The molecule has 1 aliphatic rings. The molecular formula is C10H18O2. The van der Waals surface area contributed by atoms with Gasteiger partial charge in [-0.15, -0.1) is 0 Å². The fourth-order valence-electron chi connectivity index (χ4n) is 1.65. The molecule has 0 saturated heterocycles. The summed E-state index contributed by atoms with van der Waals surface area (Å²) in [6.45, 7) is 0.191. The summed E-state index contributed by atoms with van der Waals surface area (Å²) in [6.07, 6.45) is 7.87. The standard InChI is InChI=1S/C10H18O2/c11-7-3-6-10(12)8-9-4-1-2-5-9/h4,10-12H,1-3,5-8H2. The molecule has 1 rings (SSSR count). The highest BCUT2D eigenvalue weighted by Crippen LogP contribution is 2.22. The molecule has 0 spiro atoms. The second-order valence-corrected chi connectivity index (χ2v) is 3.48. The Morgan fingerprint density at radius 2 is 2.33 bits per heavy atom. The van der Waals surface area contributed by atoms with Gasteiger partial charge in [0.05, 0.1) is 6.10 Å². The lowest BCUT2D eigenvalue weighted by Crippen LogP contribution is -2.07. The van der Waals surface area contributed by atoms with E-state index in [9.17, 15) is 5.11 Å². The minimum absolute atomic E-state index is 0.191. The van der Waals surface area contributed by atoms with E-state index in [4.69, 9.17) is 5.11 Å². The number of hydrogen-bond acceptors (Lipinski definition) is 2. The summed E-state index contributed by atoms with van der Waals surface area (Å²) >= 11 is 0. The van der Waals surface area contributed by atoms with Crippen LogP contribution in [0.2, 0.25) is 0 Å². The third kappa shape index (κ3) is 3.37. The van der Waals surface area contributed by atoms with Crippen molar-refractivity contribution in [3.63, 3.8) is 0 Å². The van der Waals surface area contributed by atoms with E-state index in [0.717, 1.165) is 19.3 Å². The monoisotopic (exact) mass is 170 g/mol. The molecule has 70 valence electrons. The maximum absolute atomic E-state index is 9.49. The molecule has 2 heteroatoms. The van der Waals surface area contributed by atoms with Crippen molar-refractivity contribution >= 4 is 0 Å². The molecule has 12 heavy (non-hydrogen) atoms. The van der Waals surface area contributed by atoms with Crippen LogP contribution in [0, 0.1) is 0 Å². The molecule has 0 heterocycles. The molecule has 1 unspecified atom stereocenters. The Morgan fingerprint density at radius 1 is 1.50 bits per heavy atom. The maximum atomic E-state index is 9.49. The number of hydrogen-bond donors (Lipinski definition) is 2. The third-order valence-electron chi connectivity index (χ3n) is 2.33. The lowest BCUT2D eigenvalue weighted by Gasteiger charge is -2.09. The zero-order chi connectivity index (χ0) is 8.81. The van der Waals surface area contributed by atoms with E-state index >= 15 is 0 Å². The van der Waals surface area contributed by atoms with Gasteiger partial charge in [0.1, 0.15) is 0 Å². The second-order valence-electron chi connectivity index (χ2n) is 3.48. The average molecular weight is 170 g/mol. The molecule has 0 aromatic carbocycles. The molecule has 2 N–H and O–H groups in total. The fourth-order valence-corrected chi connectivity index (χ4v) is 1.65. The molecule has 0 amide bonds. The van der Waals surface area contributed by atoms with Crippen molar-refractivity contribution in [3.05, 3.63) is 11.6 Å². The van der Waals surface area contributed by atoms with E-state index in [1.807, 2.05) is 0 Å². The molecule has 0 aliphatic heterocycles. The summed E-state index contributed by atoms with van der Waals surface area (Å²) in [5, 5.41) is 18.0. The van der Waals surface area contributed by atoms with Crippen LogP contribution in [-0.4, -0.2) is 22.9 Å². The van der Waals surface area contributed by atoms with Gasteiger partial charge in [0.2, 0.25) is 0 Å². The molecule has 0 saturated carbocycles. The number of rotatable bonds is 5. The number of allylic oxidation sites excluding steroid dienone is 1. The van der Waals surface area contributed by atoms with E-state index in [0.29, 0.717) is 6.42 Å². The molecule has 2 nitrogen and oxygen atoms in total. The van der Waals surface area contributed by atoms with Crippen molar-refractivity contribution in [1.29, 1.82) is 0 Å². The first-order chi connectivity index (χ1) is 5.83. The topological polar surface area (TPSA) is 40.5 Å². The maximum Gasteiger partial charge on any atom is 0.0578 e. The van der Waals surface area contributed by atoms with E-state index in [1.165, 1.54) is 18.4 Å². The van der Waals surface area contributed by atoms with Crippen LogP contribution in [0.1, 0.15) is 38.5 Å². The second kappa shape index (κ2) is 5.33. The summed E-state index contributed by atoms with van der Waals surface area (Å²) in [6, 6.07) is 0. The normalized spacial score (nSPS) is 19.3. The van der Waals surface area contributed by atoms with Gasteiger partial charge >= 0.3 is 0 Å². The van der Waals surface area contributed by atoms with E-state index in [1.54, 1.807) is 0 Å². The third-order valence-corrected chi connectivity index (χ3v) is 2.33. The molecule has 0 radical (unpaired) electrons. The van der Waals surface area contributed by atoms with Crippen LogP contribution in [0.4, 0.5) is 0 Å². The van der Waals surface area contributed by atoms with E-state index in [2.05, 4.69) is 6.08 Å². The molecule has 1 aliphatic carbocycles. The molecule has 1 atom stereocenters. The summed E-state index contributed by atoms with van der Waals surface area (Å²) < 4.78 is 0. The van der Waals surface area contributed by atoms with Crippen LogP contribution >= 0.6 is 0 Å². The van der Waals surface area contributed by atoms with Crippen LogP contribution < -0.4 is 0 Å². The van der Waals surface area contributed by atoms with Crippen LogP contribution in [0.25, 0.3) is 0 Å². The first-order valence-electron chi connectivity index (χ1n) is 4.79. The minimum Gasteiger partial charge on any atom is -0.396 e. The van der Waals surface area contributed by atoms with Gasteiger partial charge < -0.3 is 10.2 Å². The first kappa shape index (κ1) is 9.75. The summed E-state index contributed by atoms with van der Waals surface area (Å²) in [5.74, 6) is 0. The Bertz CT molecular complexity index is 152. The lowest BCUT2D eigenvalue weighted by molar-refractivity contribution is 0.149. The zero-order valence-electron chi connectivity index (χ0n) is 7.50. The van der Waals surface area contributed by atoms with Gasteiger partial charge in [-0.1, -0.05) is 11.6 Å². The fraction of sp³-hybridized carbons (Fsp3) is 0.800. The van der Waals surface area contributed by atoms with Gasteiger partial charge in [-0.05, 0) is 38.5 Å². The molecule has 0 aromatic heterocycles. The Balaban J connectivity index is 2.12. The highest BCUT2D eigenvalue weighted by Gasteiger charge is 2.09. The van der Waals surface area contributed by atoms with Crippen LogP contribution in [0.5, 0.6) is 0 Å². The van der Waals surface area contributed by atoms with Crippen molar-refractivity contribution in [1.82, 2.24) is 0 Å². The van der Waals surface area contributed by atoms with Gasteiger partial charge in [0.15, 0.2) is 0 Å². The number of aliphatic hydroxyl groups is 2. The van der Waals surface area contributed by atoms with E-state index in [-0.39, 0.29) is 12.7 Å². The SMILES string of the molecule is OCCCC(O)CC1=CCCC1. The van der Waals surface area contributed by atoms with Crippen LogP contribution in [0.15, 0.2) is 11.6 Å². The van der Waals surface area contributed by atoms with Gasteiger partial charge in [0, 0.05) is 6.61 Å². The minimum atomic E-state index is -0.235. The van der Waals surface area contributed by atoms with Gasteiger partial charge in [-0.25, -0.2) is 0 Å².